The highest BCUT2D eigenvalue weighted by Gasteiger charge is 2.20. The number of nitrogens with zero attached hydrogens (tertiary/aromatic N) is 3. The standard InChI is InChI=1S/C22H25N5O2S/c1-14(2)17-7-5-6-8-18(17)27-20(16-11-9-15(3)10-12-16)25-26-22(27)30-13-19(28)24-21(29)23-4/h5-12,14H,13H2,1-4H3,(H2,23,24,28,29). The Morgan fingerprint density at radius 3 is 2.43 bits per heavy atom. The molecule has 0 radical (unpaired) electrons. The van der Waals surface area contributed by atoms with E-state index in [2.05, 4.69) is 40.7 Å². The number of carbonyl (C=O) groups excluding carboxylic acids is 2. The van der Waals surface area contributed by atoms with Gasteiger partial charge in [-0.25, -0.2) is 4.79 Å². The van der Waals surface area contributed by atoms with Crippen LogP contribution >= 0.6 is 11.8 Å². The van der Waals surface area contributed by atoms with E-state index < -0.39 is 11.9 Å². The highest BCUT2D eigenvalue weighted by Crippen LogP contribution is 2.32. The molecule has 0 saturated carbocycles. The first-order valence-corrected chi connectivity index (χ1v) is 10.7. The molecule has 0 unspecified atom stereocenters. The number of rotatable bonds is 6. The number of aryl methyl sites for hydroxylation is 1. The Kier molecular flexibility index (Phi) is 6.89. The first kappa shape index (κ1) is 21.6. The van der Waals surface area contributed by atoms with E-state index in [0.717, 1.165) is 22.4 Å². The topological polar surface area (TPSA) is 88.9 Å². The fourth-order valence-corrected chi connectivity index (χ4v) is 3.75. The molecule has 0 spiro atoms. The van der Waals surface area contributed by atoms with Gasteiger partial charge in [0.25, 0.3) is 0 Å². The molecule has 0 aliphatic rings. The Morgan fingerprint density at radius 2 is 1.77 bits per heavy atom. The molecule has 156 valence electrons. The Balaban J connectivity index is 2.03. The third-order valence-corrected chi connectivity index (χ3v) is 5.48. The van der Waals surface area contributed by atoms with E-state index in [1.54, 1.807) is 0 Å². The van der Waals surface area contributed by atoms with Gasteiger partial charge in [0.15, 0.2) is 11.0 Å². The van der Waals surface area contributed by atoms with E-state index in [4.69, 9.17) is 0 Å². The van der Waals surface area contributed by atoms with Gasteiger partial charge in [-0.05, 0) is 24.5 Å². The summed E-state index contributed by atoms with van der Waals surface area (Å²) in [7, 11) is 1.46. The third kappa shape index (κ3) is 4.88. The molecule has 0 saturated heterocycles. The van der Waals surface area contributed by atoms with E-state index in [9.17, 15) is 9.59 Å². The van der Waals surface area contributed by atoms with Gasteiger partial charge in [0, 0.05) is 12.6 Å². The van der Waals surface area contributed by atoms with Crippen molar-refractivity contribution >= 4 is 23.7 Å². The highest BCUT2D eigenvalue weighted by molar-refractivity contribution is 7.99. The van der Waals surface area contributed by atoms with Gasteiger partial charge in [-0.15, -0.1) is 10.2 Å². The predicted molar refractivity (Wildman–Crippen MR) is 119 cm³/mol. The van der Waals surface area contributed by atoms with Crippen molar-refractivity contribution in [3.05, 3.63) is 59.7 Å². The summed E-state index contributed by atoms with van der Waals surface area (Å²) in [6.07, 6.45) is 0. The molecule has 2 aromatic carbocycles. The van der Waals surface area contributed by atoms with Gasteiger partial charge in [-0.2, -0.15) is 0 Å². The van der Waals surface area contributed by atoms with E-state index in [-0.39, 0.29) is 5.75 Å². The van der Waals surface area contributed by atoms with Gasteiger partial charge >= 0.3 is 6.03 Å². The van der Waals surface area contributed by atoms with Crippen molar-refractivity contribution in [3.8, 4) is 17.1 Å². The zero-order valence-corrected chi connectivity index (χ0v) is 18.3. The largest absolute Gasteiger partial charge is 0.341 e. The number of imide groups is 1. The number of nitrogens with one attached hydrogen (secondary N) is 2. The van der Waals surface area contributed by atoms with Crippen LogP contribution < -0.4 is 10.6 Å². The van der Waals surface area contributed by atoms with Gasteiger partial charge in [0.05, 0.1) is 11.4 Å². The van der Waals surface area contributed by atoms with Crippen LogP contribution in [0.2, 0.25) is 0 Å². The Morgan fingerprint density at radius 1 is 1.07 bits per heavy atom. The molecule has 3 amide bonds. The predicted octanol–water partition coefficient (Wildman–Crippen LogP) is 3.91. The molecule has 3 rings (SSSR count). The summed E-state index contributed by atoms with van der Waals surface area (Å²) >= 11 is 1.24. The molecule has 1 aromatic heterocycles. The Labute approximate surface area is 180 Å². The maximum atomic E-state index is 12.1. The Hall–Kier alpha value is -3.13. The molecule has 0 bridgehead atoms. The monoisotopic (exact) mass is 423 g/mol. The molecular formula is C22H25N5O2S. The summed E-state index contributed by atoms with van der Waals surface area (Å²) in [6, 6.07) is 15.7. The third-order valence-electron chi connectivity index (χ3n) is 4.56. The summed E-state index contributed by atoms with van der Waals surface area (Å²) in [6.45, 7) is 6.31. The molecule has 0 aliphatic carbocycles. The molecule has 2 N–H and O–H groups in total. The molecule has 0 fully saturated rings. The van der Waals surface area contributed by atoms with Gasteiger partial charge in [-0.1, -0.05) is 73.6 Å². The van der Waals surface area contributed by atoms with Crippen LogP contribution in [0.15, 0.2) is 53.7 Å². The second-order valence-electron chi connectivity index (χ2n) is 7.14. The van der Waals surface area contributed by atoms with E-state index in [0.29, 0.717) is 16.9 Å². The van der Waals surface area contributed by atoms with Crippen LogP contribution in [0.4, 0.5) is 4.79 Å². The number of carbonyl (C=O) groups is 2. The summed E-state index contributed by atoms with van der Waals surface area (Å²) in [5.41, 5.74) is 4.23. The van der Waals surface area contributed by atoms with Crippen molar-refractivity contribution in [2.24, 2.45) is 0 Å². The highest BCUT2D eigenvalue weighted by atomic mass is 32.2. The fraction of sp³-hybridized carbons (Fsp3) is 0.273. The minimum atomic E-state index is -0.535. The quantitative estimate of drug-likeness (QED) is 0.587. The smallest absolute Gasteiger partial charge is 0.321 e. The van der Waals surface area contributed by atoms with E-state index in [1.807, 2.05) is 54.0 Å². The van der Waals surface area contributed by atoms with Crippen molar-refractivity contribution in [2.75, 3.05) is 12.8 Å². The van der Waals surface area contributed by atoms with Crippen LogP contribution in [-0.2, 0) is 4.79 Å². The van der Waals surface area contributed by atoms with Gasteiger partial charge in [0.2, 0.25) is 5.91 Å². The normalized spacial score (nSPS) is 10.8. The number of urea groups is 1. The van der Waals surface area contributed by atoms with Crippen LogP contribution in [0.5, 0.6) is 0 Å². The molecule has 3 aromatic rings. The Bertz CT molecular complexity index is 1040. The number of aromatic nitrogens is 3. The summed E-state index contributed by atoms with van der Waals surface area (Å²) in [4.78, 5) is 23.4. The lowest BCUT2D eigenvalue weighted by atomic mass is 10.0. The zero-order chi connectivity index (χ0) is 21.7. The zero-order valence-electron chi connectivity index (χ0n) is 17.5. The summed E-state index contributed by atoms with van der Waals surface area (Å²) in [5, 5.41) is 14.0. The van der Waals surface area contributed by atoms with E-state index >= 15 is 0 Å². The molecule has 1 heterocycles. The maximum Gasteiger partial charge on any atom is 0.321 e. The van der Waals surface area contributed by atoms with Gasteiger partial charge in [-0.3, -0.25) is 14.7 Å². The molecule has 8 heteroatoms. The first-order chi connectivity index (χ1) is 14.4. The van der Waals surface area contributed by atoms with Crippen molar-refractivity contribution in [2.45, 2.75) is 31.8 Å². The number of thioether (sulfide) groups is 1. The van der Waals surface area contributed by atoms with Crippen LogP contribution in [-0.4, -0.2) is 39.5 Å². The number of hydrogen-bond acceptors (Lipinski definition) is 5. The lowest BCUT2D eigenvalue weighted by molar-refractivity contribution is -0.117. The van der Waals surface area contributed by atoms with Crippen molar-refractivity contribution in [1.82, 2.24) is 25.4 Å². The second kappa shape index (κ2) is 9.58. The lowest BCUT2D eigenvalue weighted by Gasteiger charge is -2.17. The average Bonchev–Trinajstić information content (AvgIpc) is 3.16. The minimum absolute atomic E-state index is 0.0449. The maximum absolute atomic E-state index is 12.1. The van der Waals surface area contributed by atoms with Gasteiger partial charge in [0.1, 0.15) is 0 Å². The van der Waals surface area contributed by atoms with Crippen LogP contribution in [0.25, 0.3) is 17.1 Å². The molecule has 0 atom stereocenters. The molecule has 0 aliphatic heterocycles. The van der Waals surface area contributed by atoms with Gasteiger partial charge < -0.3 is 5.32 Å². The number of para-hydroxylation sites is 1. The van der Waals surface area contributed by atoms with Crippen molar-refractivity contribution in [3.63, 3.8) is 0 Å². The van der Waals surface area contributed by atoms with Crippen LogP contribution in [0.1, 0.15) is 30.9 Å². The second-order valence-corrected chi connectivity index (χ2v) is 8.08. The van der Waals surface area contributed by atoms with Crippen LogP contribution in [0.3, 0.4) is 0 Å². The molecular weight excluding hydrogens is 398 g/mol. The average molecular weight is 424 g/mol. The fourth-order valence-electron chi connectivity index (χ4n) is 3.00. The van der Waals surface area contributed by atoms with E-state index in [1.165, 1.54) is 18.8 Å². The molecule has 30 heavy (non-hydrogen) atoms. The number of benzene rings is 2. The molecule has 7 nitrogen and oxygen atoms in total. The number of amides is 3. The minimum Gasteiger partial charge on any atom is -0.341 e. The lowest BCUT2D eigenvalue weighted by Crippen LogP contribution is -2.38. The summed E-state index contributed by atoms with van der Waals surface area (Å²) in [5.74, 6) is 0.646. The van der Waals surface area contributed by atoms with Crippen molar-refractivity contribution in [1.29, 1.82) is 0 Å². The summed E-state index contributed by atoms with van der Waals surface area (Å²) < 4.78 is 1.98. The SMILES string of the molecule is CNC(=O)NC(=O)CSc1nnc(-c2ccc(C)cc2)n1-c1ccccc1C(C)C. The van der Waals surface area contributed by atoms with Crippen molar-refractivity contribution < 1.29 is 9.59 Å². The first-order valence-electron chi connectivity index (χ1n) is 9.66. The van der Waals surface area contributed by atoms with Crippen LogP contribution in [0, 0.1) is 6.92 Å². The number of hydrogen-bond donors (Lipinski definition) is 2.